The van der Waals surface area contributed by atoms with Crippen molar-refractivity contribution in [1.82, 2.24) is 15.1 Å². The number of urea groups is 1. The Morgan fingerprint density at radius 1 is 0.972 bits per heavy atom. The molecule has 4 amide bonds. The molecule has 0 bridgehead atoms. The second-order valence-electron chi connectivity index (χ2n) is 9.03. The summed E-state index contributed by atoms with van der Waals surface area (Å²) in [4.78, 5) is 42.3. The van der Waals surface area contributed by atoms with Gasteiger partial charge in [-0.3, -0.25) is 14.5 Å². The van der Waals surface area contributed by atoms with Crippen LogP contribution in [0.2, 0.25) is 0 Å². The van der Waals surface area contributed by atoms with Crippen molar-refractivity contribution in [3.63, 3.8) is 0 Å². The van der Waals surface area contributed by atoms with Gasteiger partial charge in [0.25, 0.3) is 5.91 Å². The number of likely N-dealkylation sites (N-methyl/N-ethyl adjacent to an activating group) is 1. The zero-order valence-electron chi connectivity index (χ0n) is 19.9. The topological polar surface area (TPSA) is 88.2 Å². The molecule has 2 aliphatic heterocycles. The van der Waals surface area contributed by atoms with Gasteiger partial charge >= 0.3 is 6.03 Å². The van der Waals surface area contributed by atoms with Crippen molar-refractivity contribution in [3.05, 3.63) is 96.1 Å². The Balaban J connectivity index is 1.31. The van der Waals surface area contributed by atoms with Crippen LogP contribution >= 0.6 is 0 Å². The Morgan fingerprint density at radius 3 is 2.33 bits per heavy atom. The predicted octanol–water partition coefficient (Wildman–Crippen LogP) is 2.97. The molecular formula is C28H27N3O5. The lowest BCUT2D eigenvalue weighted by molar-refractivity contribution is -0.139. The van der Waals surface area contributed by atoms with Gasteiger partial charge in [-0.05, 0) is 23.3 Å². The van der Waals surface area contributed by atoms with Crippen LogP contribution in [0.15, 0.2) is 84.9 Å². The highest BCUT2D eigenvalue weighted by Crippen LogP contribution is 2.33. The zero-order chi connectivity index (χ0) is 25.1. The lowest BCUT2D eigenvalue weighted by atomic mass is 9.83. The van der Waals surface area contributed by atoms with E-state index in [1.807, 2.05) is 84.9 Å². The molecule has 1 saturated heterocycles. The molecule has 0 spiro atoms. The molecule has 1 fully saturated rings. The van der Waals surface area contributed by atoms with Crippen LogP contribution in [0.1, 0.15) is 11.1 Å². The quantitative estimate of drug-likeness (QED) is 0.520. The largest absolute Gasteiger partial charge is 0.486 e. The number of carbonyl (C=O) groups is 3. The minimum atomic E-state index is -1.29. The highest BCUT2D eigenvalue weighted by atomic mass is 16.6. The molecule has 0 unspecified atom stereocenters. The minimum Gasteiger partial charge on any atom is -0.486 e. The molecule has 0 saturated carbocycles. The number of nitrogens with zero attached hydrogens (tertiary/aromatic N) is 2. The first-order valence-corrected chi connectivity index (χ1v) is 11.8. The normalized spacial score (nSPS) is 20.7. The molecule has 0 aliphatic carbocycles. The van der Waals surface area contributed by atoms with E-state index in [2.05, 4.69) is 5.32 Å². The van der Waals surface area contributed by atoms with Crippen LogP contribution in [0.25, 0.3) is 0 Å². The maximum atomic E-state index is 13.8. The first kappa shape index (κ1) is 23.4. The molecule has 3 aromatic rings. The lowest BCUT2D eigenvalue weighted by Crippen LogP contribution is -2.48. The molecule has 184 valence electrons. The molecule has 2 aliphatic rings. The number of hydrogen-bond acceptors (Lipinski definition) is 5. The molecule has 36 heavy (non-hydrogen) atoms. The number of nitrogens with one attached hydrogen (secondary N) is 1. The van der Waals surface area contributed by atoms with Gasteiger partial charge in [0.1, 0.15) is 13.2 Å². The summed E-state index contributed by atoms with van der Waals surface area (Å²) >= 11 is 0. The monoisotopic (exact) mass is 485 g/mol. The Morgan fingerprint density at radius 2 is 1.61 bits per heavy atom. The van der Waals surface area contributed by atoms with E-state index < -0.39 is 17.5 Å². The summed E-state index contributed by atoms with van der Waals surface area (Å²) in [5.41, 5.74) is 0.278. The zero-order valence-corrected chi connectivity index (χ0v) is 19.9. The number of rotatable bonds is 7. The smallest absolute Gasteiger partial charge is 0.325 e. The van der Waals surface area contributed by atoms with Crippen LogP contribution in [-0.4, -0.2) is 60.5 Å². The van der Waals surface area contributed by atoms with Gasteiger partial charge in [0, 0.05) is 13.5 Å². The molecule has 2 atom stereocenters. The SMILES string of the molecule is CN(C[C@@H]1COc2ccccc2O1)C(=O)CN1C(=O)N[C@@](Cc2ccccc2)(c2ccccc2)C1=O. The third-order valence-corrected chi connectivity index (χ3v) is 6.52. The van der Waals surface area contributed by atoms with Crippen molar-refractivity contribution in [2.24, 2.45) is 0 Å². The van der Waals surface area contributed by atoms with E-state index in [0.717, 1.165) is 10.5 Å². The molecule has 8 nitrogen and oxygen atoms in total. The first-order valence-electron chi connectivity index (χ1n) is 11.8. The first-order chi connectivity index (χ1) is 17.5. The van der Waals surface area contributed by atoms with E-state index in [0.29, 0.717) is 23.7 Å². The maximum Gasteiger partial charge on any atom is 0.325 e. The van der Waals surface area contributed by atoms with Gasteiger partial charge in [-0.1, -0.05) is 72.8 Å². The fourth-order valence-electron chi connectivity index (χ4n) is 4.63. The number of ether oxygens (including phenoxy) is 2. The second kappa shape index (κ2) is 9.73. The third kappa shape index (κ3) is 4.49. The molecule has 0 aromatic heterocycles. The summed E-state index contributed by atoms with van der Waals surface area (Å²) < 4.78 is 11.7. The second-order valence-corrected chi connectivity index (χ2v) is 9.03. The summed E-state index contributed by atoms with van der Waals surface area (Å²) in [7, 11) is 1.62. The summed E-state index contributed by atoms with van der Waals surface area (Å²) in [6, 6.07) is 25.4. The Bertz CT molecular complexity index is 1270. The molecular weight excluding hydrogens is 458 g/mol. The highest BCUT2D eigenvalue weighted by molar-refractivity contribution is 6.09. The fraction of sp³-hybridized carbons (Fsp3) is 0.250. The fourth-order valence-corrected chi connectivity index (χ4v) is 4.63. The Hall–Kier alpha value is -4.33. The van der Waals surface area contributed by atoms with Gasteiger partial charge in [0.15, 0.2) is 23.1 Å². The molecule has 0 radical (unpaired) electrons. The minimum absolute atomic E-state index is 0.255. The van der Waals surface area contributed by atoms with Crippen molar-refractivity contribution in [1.29, 1.82) is 0 Å². The highest BCUT2D eigenvalue weighted by Gasteiger charge is 2.52. The number of hydrogen-bond donors (Lipinski definition) is 1. The van der Waals surface area contributed by atoms with Crippen LogP contribution in [-0.2, 0) is 21.5 Å². The molecule has 5 rings (SSSR count). The van der Waals surface area contributed by atoms with Crippen molar-refractivity contribution >= 4 is 17.8 Å². The summed E-state index contributed by atoms with van der Waals surface area (Å²) in [5, 5.41) is 2.89. The van der Waals surface area contributed by atoms with Gasteiger partial charge in [0.05, 0.1) is 6.54 Å². The van der Waals surface area contributed by atoms with Crippen LogP contribution in [0, 0.1) is 0 Å². The maximum absolute atomic E-state index is 13.8. The molecule has 8 heteroatoms. The average molecular weight is 486 g/mol. The van der Waals surface area contributed by atoms with E-state index in [9.17, 15) is 14.4 Å². The molecule has 2 heterocycles. The van der Waals surface area contributed by atoms with Gasteiger partial charge in [-0.15, -0.1) is 0 Å². The number of imide groups is 1. The van der Waals surface area contributed by atoms with Gasteiger partial charge in [-0.25, -0.2) is 4.79 Å². The average Bonchev–Trinajstić information content (AvgIpc) is 3.14. The van der Waals surface area contributed by atoms with Crippen LogP contribution in [0.4, 0.5) is 4.79 Å². The number of amides is 4. The van der Waals surface area contributed by atoms with E-state index in [1.165, 1.54) is 4.90 Å². The number of para-hydroxylation sites is 2. The number of benzene rings is 3. The van der Waals surface area contributed by atoms with E-state index in [4.69, 9.17) is 9.47 Å². The number of fused-ring (bicyclic) bond motifs is 1. The summed E-state index contributed by atoms with van der Waals surface area (Å²) in [6.07, 6.45) is -0.0891. The van der Waals surface area contributed by atoms with Crippen molar-refractivity contribution < 1.29 is 23.9 Å². The van der Waals surface area contributed by atoms with Gasteiger partial charge in [-0.2, -0.15) is 0 Å². The van der Waals surface area contributed by atoms with E-state index in [1.54, 1.807) is 7.05 Å². The van der Waals surface area contributed by atoms with Gasteiger partial charge in [0.2, 0.25) is 5.91 Å². The third-order valence-electron chi connectivity index (χ3n) is 6.52. The van der Waals surface area contributed by atoms with Crippen LogP contribution in [0.3, 0.4) is 0 Å². The van der Waals surface area contributed by atoms with Gasteiger partial charge < -0.3 is 19.7 Å². The lowest BCUT2D eigenvalue weighted by Gasteiger charge is -2.30. The summed E-state index contributed by atoms with van der Waals surface area (Å²) in [5.74, 6) is 0.468. The molecule has 1 N–H and O–H groups in total. The standard InChI is InChI=1S/C28H27N3O5/c1-30(17-22-19-35-23-14-8-9-15-24(23)36-22)25(32)18-31-26(33)28(29-27(31)34,21-12-6-3-7-13-21)16-20-10-4-2-5-11-20/h2-15,22H,16-19H2,1H3,(H,29,34)/t22-,28+/m1/s1. The van der Waals surface area contributed by atoms with Crippen LogP contribution in [0.5, 0.6) is 11.5 Å². The summed E-state index contributed by atoms with van der Waals surface area (Å²) in [6.45, 7) is 0.186. The molecule has 3 aromatic carbocycles. The van der Waals surface area contributed by atoms with Crippen molar-refractivity contribution in [2.45, 2.75) is 18.1 Å². The van der Waals surface area contributed by atoms with Crippen molar-refractivity contribution in [2.75, 3.05) is 26.7 Å². The Labute approximate surface area is 209 Å². The Kier molecular flexibility index (Phi) is 6.33. The predicted molar refractivity (Wildman–Crippen MR) is 133 cm³/mol. The van der Waals surface area contributed by atoms with E-state index in [-0.39, 0.29) is 31.5 Å². The van der Waals surface area contributed by atoms with E-state index >= 15 is 0 Å². The van der Waals surface area contributed by atoms with Crippen LogP contribution < -0.4 is 14.8 Å². The van der Waals surface area contributed by atoms with Crippen molar-refractivity contribution in [3.8, 4) is 11.5 Å². The number of carbonyl (C=O) groups excluding carboxylic acids is 3.